The maximum Gasteiger partial charge on any atom is 0.346 e. The molecule has 92 valence electrons. The molecule has 0 saturated carbocycles. The highest BCUT2D eigenvalue weighted by molar-refractivity contribution is 6.05. The second kappa shape index (κ2) is 4.44. The zero-order valence-corrected chi connectivity index (χ0v) is 10.9. The van der Waals surface area contributed by atoms with Gasteiger partial charge in [0.15, 0.2) is 0 Å². The maximum absolute atomic E-state index is 11.8. The number of hydrogen-bond acceptors (Lipinski definition) is 2. The van der Waals surface area contributed by atoms with Crippen LogP contribution in [0.4, 0.5) is 4.79 Å². The summed E-state index contributed by atoms with van der Waals surface area (Å²) in [5.41, 5.74) is 5.51. The van der Waals surface area contributed by atoms with Crippen LogP contribution in [0.5, 0.6) is 0 Å². The molecule has 1 aliphatic heterocycles. The van der Waals surface area contributed by atoms with Crippen LogP contribution >= 0.6 is 0 Å². The molecule has 4 nitrogen and oxygen atoms in total. The van der Waals surface area contributed by atoms with Crippen molar-refractivity contribution >= 4 is 11.9 Å². The van der Waals surface area contributed by atoms with E-state index in [0.717, 1.165) is 6.42 Å². The van der Waals surface area contributed by atoms with Gasteiger partial charge in [-0.15, -0.1) is 0 Å². The Morgan fingerprint density at radius 2 is 1.88 bits per heavy atom. The number of amides is 2. The lowest BCUT2D eigenvalue weighted by Gasteiger charge is -2.37. The summed E-state index contributed by atoms with van der Waals surface area (Å²) in [5, 5.41) is 0. The minimum Gasteiger partial charge on any atom is -0.385 e. The number of hydrogen-bond donors (Lipinski definition) is 1. The number of carbonyl (C=O) groups excluding carboxylic acids is 1. The number of urea groups is 1. The Labute approximate surface area is 97.9 Å². The van der Waals surface area contributed by atoms with Gasteiger partial charge >= 0.3 is 6.03 Å². The summed E-state index contributed by atoms with van der Waals surface area (Å²) in [4.78, 5) is 17.5. The average Bonchev–Trinajstić information content (AvgIpc) is 2.28. The molecule has 0 radical (unpaired) electrons. The van der Waals surface area contributed by atoms with Crippen molar-refractivity contribution in [3.8, 4) is 0 Å². The van der Waals surface area contributed by atoms with Crippen LogP contribution in [0, 0.1) is 11.8 Å². The molecule has 0 spiro atoms. The first-order valence-electron chi connectivity index (χ1n) is 5.93. The number of carbonyl (C=O) groups is 1. The highest BCUT2D eigenvalue weighted by Gasteiger charge is 2.44. The molecule has 16 heavy (non-hydrogen) atoms. The maximum atomic E-state index is 11.8. The topological polar surface area (TPSA) is 58.7 Å². The molecular weight excluding hydrogens is 202 g/mol. The van der Waals surface area contributed by atoms with Gasteiger partial charge in [0.05, 0.1) is 5.54 Å². The molecule has 1 unspecified atom stereocenters. The Balaban J connectivity index is 2.93. The predicted octanol–water partition coefficient (Wildman–Crippen LogP) is 2.24. The van der Waals surface area contributed by atoms with Crippen LogP contribution in [-0.2, 0) is 0 Å². The second-order valence-corrected chi connectivity index (χ2v) is 5.66. The molecule has 1 heterocycles. The van der Waals surface area contributed by atoms with Crippen LogP contribution in [0.25, 0.3) is 0 Å². The van der Waals surface area contributed by atoms with Crippen molar-refractivity contribution in [1.29, 1.82) is 0 Å². The zero-order chi connectivity index (χ0) is 12.5. The van der Waals surface area contributed by atoms with Crippen LogP contribution in [0.15, 0.2) is 4.99 Å². The monoisotopic (exact) mass is 225 g/mol. The molecule has 0 aromatic carbocycles. The van der Waals surface area contributed by atoms with Gasteiger partial charge < -0.3 is 10.6 Å². The first-order valence-corrected chi connectivity index (χ1v) is 5.93. The van der Waals surface area contributed by atoms with E-state index in [9.17, 15) is 4.79 Å². The lowest BCUT2D eigenvalue weighted by atomic mass is 9.88. The Morgan fingerprint density at radius 1 is 1.31 bits per heavy atom. The van der Waals surface area contributed by atoms with E-state index < -0.39 is 5.54 Å². The van der Waals surface area contributed by atoms with Gasteiger partial charge in [-0.25, -0.2) is 4.79 Å². The van der Waals surface area contributed by atoms with Crippen molar-refractivity contribution < 1.29 is 4.79 Å². The fourth-order valence-corrected chi connectivity index (χ4v) is 2.29. The van der Waals surface area contributed by atoms with Crippen molar-refractivity contribution in [2.24, 2.45) is 22.6 Å². The number of aliphatic imine (C=N–C) groups is 1. The first-order chi connectivity index (χ1) is 7.27. The quantitative estimate of drug-likeness (QED) is 0.797. The predicted molar refractivity (Wildman–Crippen MR) is 66.4 cm³/mol. The summed E-state index contributed by atoms with van der Waals surface area (Å²) in [6.45, 7) is 11.2. The van der Waals surface area contributed by atoms with E-state index in [0.29, 0.717) is 24.2 Å². The Bertz CT molecular complexity index is 309. The highest BCUT2D eigenvalue weighted by atomic mass is 16.2. The van der Waals surface area contributed by atoms with E-state index in [1.807, 2.05) is 11.8 Å². The molecule has 0 saturated heterocycles. The molecule has 4 heteroatoms. The van der Waals surface area contributed by atoms with Gasteiger partial charge in [0.2, 0.25) is 0 Å². The van der Waals surface area contributed by atoms with Crippen LogP contribution in [0.2, 0.25) is 0 Å². The molecule has 0 bridgehead atoms. The molecule has 2 N–H and O–H groups in total. The second-order valence-electron chi connectivity index (χ2n) is 5.66. The minimum atomic E-state index is -0.393. The van der Waals surface area contributed by atoms with Crippen molar-refractivity contribution in [1.82, 2.24) is 4.90 Å². The normalized spacial score (nSPS) is 25.8. The third-order valence-corrected chi connectivity index (χ3v) is 2.95. The largest absolute Gasteiger partial charge is 0.385 e. The Morgan fingerprint density at radius 3 is 2.31 bits per heavy atom. The van der Waals surface area contributed by atoms with Gasteiger partial charge in [0.25, 0.3) is 0 Å². The summed E-state index contributed by atoms with van der Waals surface area (Å²) >= 11 is 0. The number of nitrogens with two attached hydrogens (primary N) is 1. The number of amidine groups is 1. The summed E-state index contributed by atoms with van der Waals surface area (Å²) in [6, 6.07) is -0.186. The standard InChI is InChI=1S/C12H23N3O/c1-8(2)6-12(5)10(13)14-11(16)15(12)7-9(3)4/h8-9H,6-7H2,1-5H3,(H2,13,14,16). The van der Waals surface area contributed by atoms with E-state index in [2.05, 4.69) is 32.7 Å². The molecule has 1 aliphatic rings. The lowest BCUT2D eigenvalue weighted by molar-refractivity contribution is 0.155. The van der Waals surface area contributed by atoms with Crippen LogP contribution < -0.4 is 5.73 Å². The number of rotatable bonds is 4. The molecular formula is C12H23N3O. The first kappa shape index (κ1) is 13.0. The molecule has 1 rings (SSSR count). The van der Waals surface area contributed by atoms with Gasteiger partial charge in [-0.3, -0.25) is 0 Å². The Hall–Kier alpha value is -1.06. The average molecular weight is 225 g/mol. The third-order valence-electron chi connectivity index (χ3n) is 2.95. The van der Waals surface area contributed by atoms with E-state index in [1.54, 1.807) is 0 Å². The smallest absolute Gasteiger partial charge is 0.346 e. The molecule has 0 aromatic heterocycles. The van der Waals surface area contributed by atoms with Gasteiger partial charge in [-0.1, -0.05) is 27.7 Å². The fourth-order valence-electron chi connectivity index (χ4n) is 2.29. The summed E-state index contributed by atoms with van der Waals surface area (Å²) in [6.07, 6.45) is 0.862. The van der Waals surface area contributed by atoms with Gasteiger partial charge in [-0.2, -0.15) is 4.99 Å². The van der Waals surface area contributed by atoms with Crippen molar-refractivity contribution in [3.05, 3.63) is 0 Å². The fraction of sp³-hybridized carbons (Fsp3) is 0.833. The van der Waals surface area contributed by atoms with Crippen molar-refractivity contribution in [2.75, 3.05) is 6.54 Å². The van der Waals surface area contributed by atoms with E-state index in [4.69, 9.17) is 5.73 Å². The summed E-state index contributed by atoms with van der Waals surface area (Å²) in [7, 11) is 0. The van der Waals surface area contributed by atoms with Crippen molar-refractivity contribution in [2.45, 2.75) is 46.6 Å². The minimum absolute atomic E-state index is 0.186. The lowest BCUT2D eigenvalue weighted by Crippen LogP contribution is -2.53. The summed E-state index contributed by atoms with van der Waals surface area (Å²) < 4.78 is 0. The Kier molecular flexibility index (Phi) is 3.61. The van der Waals surface area contributed by atoms with E-state index >= 15 is 0 Å². The van der Waals surface area contributed by atoms with Crippen LogP contribution in [0.3, 0.4) is 0 Å². The summed E-state index contributed by atoms with van der Waals surface area (Å²) in [5.74, 6) is 1.38. The molecule has 0 aromatic rings. The van der Waals surface area contributed by atoms with Crippen molar-refractivity contribution in [3.63, 3.8) is 0 Å². The SMILES string of the molecule is CC(C)CN1C(=O)N=C(N)C1(C)CC(C)C. The van der Waals surface area contributed by atoms with Gasteiger partial charge in [0, 0.05) is 6.54 Å². The van der Waals surface area contributed by atoms with Gasteiger partial charge in [0.1, 0.15) is 5.84 Å². The molecule has 0 aliphatic carbocycles. The van der Waals surface area contributed by atoms with E-state index in [1.165, 1.54) is 0 Å². The molecule has 0 fully saturated rings. The van der Waals surface area contributed by atoms with Gasteiger partial charge in [-0.05, 0) is 25.2 Å². The van der Waals surface area contributed by atoms with E-state index in [-0.39, 0.29) is 6.03 Å². The third kappa shape index (κ3) is 2.36. The van der Waals surface area contributed by atoms with Crippen LogP contribution in [0.1, 0.15) is 41.0 Å². The molecule has 2 amide bonds. The zero-order valence-electron chi connectivity index (χ0n) is 10.9. The van der Waals surface area contributed by atoms with Crippen LogP contribution in [-0.4, -0.2) is 28.9 Å². The number of nitrogens with zero attached hydrogens (tertiary/aromatic N) is 2. The highest BCUT2D eigenvalue weighted by Crippen LogP contribution is 2.30. The molecule has 1 atom stereocenters.